The summed E-state index contributed by atoms with van der Waals surface area (Å²) in [6.45, 7) is 4.66. The molecular weight excluding hydrogens is 348 g/mol. The first-order valence-electron chi connectivity index (χ1n) is 9.39. The summed E-state index contributed by atoms with van der Waals surface area (Å²) in [4.78, 5) is 4.34. The third-order valence-corrected chi connectivity index (χ3v) is 5.06. The molecule has 28 heavy (non-hydrogen) atoms. The number of fused-ring (bicyclic) bond motifs is 2. The summed E-state index contributed by atoms with van der Waals surface area (Å²) in [5.74, 6) is 1.09. The van der Waals surface area contributed by atoms with Gasteiger partial charge in [-0.25, -0.2) is 0 Å². The van der Waals surface area contributed by atoms with Crippen molar-refractivity contribution in [1.29, 1.82) is 0 Å². The maximum absolute atomic E-state index is 10.6. The van der Waals surface area contributed by atoms with Gasteiger partial charge in [0.15, 0.2) is 0 Å². The van der Waals surface area contributed by atoms with Gasteiger partial charge in [-0.05, 0) is 49.8 Å². The third kappa shape index (κ3) is 3.18. The molecule has 2 heterocycles. The zero-order valence-electron chi connectivity index (χ0n) is 16.3. The molecule has 2 aromatic heterocycles. The summed E-state index contributed by atoms with van der Waals surface area (Å²) < 4.78 is 7.72. The molecule has 1 N–H and O–H groups in total. The summed E-state index contributed by atoms with van der Waals surface area (Å²) in [7, 11) is 2.04. The SMILES string of the molecule is CCOc1ccc2c(ccc(/C=C/c3ccc4c(C)ccnc4c3O)[n+]2C)c1. The number of pyridine rings is 2. The number of benzene rings is 2. The van der Waals surface area contributed by atoms with E-state index in [9.17, 15) is 5.11 Å². The van der Waals surface area contributed by atoms with E-state index >= 15 is 0 Å². The lowest BCUT2D eigenvalue weighted by atomic mass is 10.1. The molecule has 4 rings (SSSR count). The summed E-state index contributed by atoms with van der Waals surface area (Å²) >= 11 is 0. The summed E-state index contributed by atoms with van der Waals surface area (Å²) in [6, 6.07) is 16.1. The van der Waals surface area contributed by atoms with E-state index in [1.54, 1.807) is 6.20 Å². The van der Waals surface area contributed by atoms with Gasteiger partial charge in [-0.3, -0.25) is 4.98 Å². The van der Waals surface area contributed by atoms with E-state index in [-0.39, 0.29) is 5.75 Å². The number of aromatic hydroxyl groups is 1. The number of rotatable bonds is 4. The van der Waals surface area contributed by atoms with Crippen LogP contribution >= 0.6 is 0 Å². The van der Waals surface area contributed by atoms with E-state index in [4.69, 9.17) is 4.74 Å². The van der Waals surface area contributed by atoms with Gasteiger partial charge in [-0.2, -0.15) is 4.57 Å². The van der Waals surface area contributed by atoms with Crippen LogP contribution in [0.5, 0.6) is 11.5 Å². The van der Waals surface area contributed by atoms with Gasteiger partial charge in [0.05, 0.1) is 12.0 Å². The van der Waals surface area contributed by atoms with E-state index in [1.807, 2.05) is 57.3 Å². The van der Waals surface area contributed by atoms with Crippen molar-refractivity contribution in [1.82, 2.24) is 4.98 Å². The second kappa shape index (κ2) is 7.31. The Labute approximate surface area is 164 Å². The lowest BCUT2D eigenvalue weighted by Gasteiger charge is -2.06. The van der Waals surface area contributed by atoms with Crippen LogP contribution in [0.25, 0.3) is 34.0 Å². The van der Waals surface area contributed by atoms with Crippen molar-refractivity contribution in [3.05, 3.63) is 71.5 Å². The Morgan fingerprint density at radius 1 is 1.07 bits per heavy atom. The van der Waals surface area contributed by atoms with Crippen LogP contribution in [0.3, 0.4) is 0 Å². The fourth-order valence-electron chi connectivity index (χ4n) is 3.49. The van der Waals surface area contributed by atoms with Crippen molar-refractivity contribution in [3.8, 4) is 11.5 Å². The van der Waals surface area contributed by atoms with Crippen molar-refractivity contribution < 1.29 is 14.4 Å². The molecule has 0 amide bonds. The minimum Gasteiger partial charge on any atom is -0.505 e. The molecule has 0 aliphatic carbocycles. The van der Waals surface area contributed by atoms with Gasteiger partial charge in [0, 0.05) is 35.4 Å². The Morgan fingerprint density at radius 2 is 1.93 bits per heavy atom. The molecule has 0 saturated heterocycles. The zero-order valence-corrected chi connectivity index (χ0v) is 16.3. The molecule has 0 saturated carbocycles. The Balaban J connectivity index is 1.72. The monoisotopic (exact) mass is 371 g/mol. The van der Waals surface area contributed by atoms with E-state index in [1.165, 1.54) is 0 Å². The fraction of sp³-hybridized carbons (Fsp3) is 0.167. The second-order valence-electron chi connectivity index (χ2n) is 6.83. The van der Waals surface area contributed by atoms with Crippen LogP contribution in [0.4, 0.5) is 0 Å². The molecule has 140 valence electrons. The van der Waals surface area contributed by atoms with Gasteiger partial charge in [0.2, 0.25) is 11.2 Å². The van der Waals surface area contributed by atoms with Crippen molar-refractivity contribution in [2.75, 3.05) is 6.61 Å². The maximum atomic E-state index is 10.6. The molecule has 0 spiro atoms. The van der Waals surface area contributed by atoms with Crippen LogP contribution in [-0.4, -0.2) is 16.7 Å². The topological polar surface area (TPSA) is 46.2 Å². The molecule has 2 aromatic carbocycles. The highest BCUT2D eigenvalue weighted by Crippen LogP contribution is 2.30. The fourth-order valence-corrected chi connectivity index (χ4v) is 3.49. The molecule has 0 bridgehead atoms. The molecule has 0 aliphatic heterocycles. The van der Waals surface area contributed by atoms with Gasteiger partial charge in [0.1, 0.15) is 24.1 Å². The van der Waals surface area contributed by atoms with Gasteiger partial charge in [-0.1, -0.05) is 12.1 Å². The first-order chi connectivity index (χ1) is 13.6. The highest BCUT2D eigenvalue weighted by atomic mass is 16.5. The standard InChI is InChI=1S/C24H22N2O2/c1-4-28-20-10-12-22-18(15-20)6-9-19(26(22)3)8-5-17-7-11-21-16(2)13-14-25-23(21)24(17)27/h5-15H,4H2,1-3H3/p+1. The highest BCUT2D eigenvalue weighted by Gasteiger charge is 2.11. The molecule has 0 aliphatic rings. The third-order valence-electron chi connectivity index (χ3n) is 5.06. The molecule has 0 fully saturated rings. The van der Waals surface area contributed by atoms with Crippen molar-refractivity contribution in [3.63, 3.8) is 0 Å². The predicted molar refractivity (Wildman–Crippen MR) is 113 cm³/mol. The summed E-state index contributed by atoms with van der Waals surface area (Å²) in [5, 5.41) is 12.7. The van der Waals surface area contributed by atoms with Gasteiger partial charge < -0.3 is 9.84 Å². The van der Waals surface area contributed by atoms with Crippen LogP contribution < -0.4 is 9.30 Å². The number of aryl methyl sites for hydroxylation is 2. The number of hydrogen-bond donors (Lipinski definition) is 1. The smallest absolute Gasteiger partial charge is 0.212 e. The van der Waals surface area contributed by atoms with E-state index < -0.39 is 0 Å². The molecule has 0 atom stereocenters. The Kier molecular flexibility index (Phi) is 4.70. The zero-order chi connectivity index (χ0) is 19.7. The molecule has 4 aromatic rings. The molecule has 0 radical (unpaired) electrons. The number of phenolic OH excluding ortho intramolecular Hbond substituents is 1. The lowest BCUT2D eigenvalue weighted by molar-refractivity contribution is -0.646. The Morgan fingerprint density at radius 3 is 2.75 bits per heavy atom. The van der Waals surface area contributed by atoms with Gasteiger partial charge in [0.25, 0.3) is 0 Å². The number of nitrogens with zero attached hydrogens (tertiary/aromatic N) is 2. The minimum atomic E-state index is 0.210. The van der Waals surface area contributed by atoms with Gasteiger partial charge in [-0.15, -0.1) is 0 Å². The summed E-state index contributed by atoms with van der Waals surface area (Å²) in [5.41, 5.74) is 4.63. The number of ether oxygens (including phenoxy) is 1. The lowest BCUT2D eigenvalue weighted by Crippen LogP contribution is -2.32. The number of hydrogen-bond acceptors (Lipinski definition) is 3. The average molecular weight is 371 g/mol. The van der Waals surface area contributed by atoms with Crippen LogP contribution in [0, 0.1) is 6.92 Å². The number of aromatic nitrogens is 2. The van der Waals surface area contributed by atoms with Gasteiger partial charge >= 0.3 is 0 Å². The predicted octanol–water partition coefficient (Wildman–Crippen LogP) is 4.80. The first kappa shape index (κ1) is 18.0. The van der Waals surface area contributed by atoms with Crippen molar-refractivity contribution in [2.24, 2.45) is 7.05 Å². The van der Waals surface area contributed by atoms with E-state index in [2.05, 4.69) is 33.8 Å². The Hall–Kier alpha value is -3.40. The van der Waals surface area contributed by atoms with Crippen molar-refractivity contribution >= 4 is 34.0 Å². The molecule has 0 unspecified atom stereocenters. The first-order valence-corrected chi connectivity index (χ1v) is 9.39. The Bertz CT molecular complexity index is 1210. The quantitative estimate of drug-likeness (QED) is 0.524. The minimum absolute atomic E-state index is 0.210. The normalized spacial score (nSPS) is 11.5. The molecule has 4 nitrogen and oxygen atoms in total. The van der Waals surface area contributed by atoms with E-state index in [0.29, 0.717) is 12.1 Å². The highest BCUT2D eigenvalue weighted by molar-refractivity contribution is 5.91. The van der Waals surface area contributed by atoms with Crippen LogP contribution in [-0.2, 0) is 7.05 Å². The van der Waals surface area contributed by atoms with Crippen molar-refractivity contribution in [2.45, 2.75) is 13.8 Å². The molecule has 4 heteroatoms. The van der Waals surface area contributed by atoms with Crippen LogP contribution in [0.1, 0.15) is 23.7 Å². The second-order valence-corrected chi connectivity index (χ2v) is 6.83. The largest absolute Gasteiger partial charge is 0.505 e. The number of phenols is 1. The maximum Gasteiger partial charge on any atom is 0.212 e. The van der Waals surface area contributed by atoms with E-state index in [0.717, 1.165) is 38.9 Å². The molecular formula is C24H23N2O2+. The summed E-state index contributed by atoms with van der Waals surface area (Å²) in [6.07, 6.45) is 5.66. The average Bonchev–Trinajstić information content (AvgIpc) is 2.70. The van der Waals surface area contributed by atoms with Crippen LogP contribution in [0.15, 0.2) is 54.7 Å². The van der Waals surface area contributed by atoms with Crippen LogP contribution in [0.2, 0.25) is 0 Å².